The van der Waals surface area contributed by atoms with Crippen molar-refractivity contribution in [1.29, 1.82) is 0 Å². The van der Waals surface area contributed by atoms with Crippen molar-refractivity contribution in [3.05, 3.63) is 36.3 Å². The zero-order chi connectivity index (χ0) is 19.4. The van der Waals surface area contributed by atoms with E-state index >= 15 is 0 Å². The maximum Gasteiger partial charge on any atom is 0.249 e. The molecule has 0 atom stereocenters. The highest BCUT2D eigenvalue weighted by molar-refractivity contribution is 5.77. The second-order valence-corrected chi connectivity index (χ2v) is 5.96. The van der Waals surface area contributed by atoms with Crippen molar-refractivity contribution in [1.82, 2.24) is 9.97 Å². The van der Waals surface area contributed by atoms with Crippen LogP contribution in [-0.2, 0) is 0 Å². The average Bonchev–Trinajstić information content (AvgIpc) is 3.01. The largest absolute Gasteiger partial charge is 0.493 e. The van der Waals surface area contributed by atoms with Gasteiger partial charge in [-0.15, -0.1) is 0 Å². The molecule has 6 nitrogen and oxygen atoms in total. The summed E-state index contributed by atoms with van der Waals surface area (Å²) in [6.07, 6.45) is 0.947. The average molecular weight is 381 g/mol. The monoisotopic (exact) mass is 381 g/mol. The van der Waals surface area contributed by atoms with Gasteiger partial charge in [-0.05, 0) is 19.1 Å². The number of nitrogens with zero attached hydrogens (tertiary/aromatic N) is 2. The van der Waals surface area contributed by atoms with Crippen LogP contribution in [0.15, 0.2) is 34.9 Å². The van der Waals surface area contributed by atoms with Crippen LogP contribution in [0, 0.1) is 5.82 Å². The fraction of sp³-hybridized carbons (Fsp3) is 0.333. The van der Waals surface area contributed by atoms with Gasteiger partial charge >= 0.3 is 0 Å². The quantitative estimate of drug-likeness (QED) is 0.639. The summed E-state index contributed by atoms with van der Waals surface area (Å²) < 4.78 is 56.0. The minimum Gasteiger partial charge on any atom is -0.493 e. The third kappa shape index (κ3) is 4.88. The molecule has 2 heterocycles. The molecule has 0 bridgehead atoms. The SMILES string of the molecule is CC(F)(F)CCOc1ccc2nc(-c3ncc(OCCN)cc3F)oc2c1. The second-order valence-electron chi connectivity index (χ2n) is 5.96. The fourth-order valence-corrected chi connectivity index (χ4v) is 2.28. The summed E-state index contributed by atoms with van der Waals surface area (Å²) in [4.78, 5) is 8.17. The molecular weight excluding hydrogens is 363 g/mol. The summed E-state index contributed by atoms with van der Waals surface area (Å²) in [6.45, 7) is 1.23. The van der Waals surface area contributed by atoms with E-state index in [9.17, 15) is 13.2 Å². The number of ether oxygens (including phenoxy) is 2. The van der Waals surface area contributed by atoms with Crippen LogP contribution in [0.1, 0.15) is 13.3 Å². The van der Waals surface area contributed by atoms with Crippen LogP contribution in [0.4, 0.5) is 13.2 Å². The van der Waals surface area contributed by atoms with Crippen LogP contribution in [0.2, 0.25) is 0 Å². The molecule has 0 saturated heterocycles. The van der Waals surface area contributed by atoms with Gasteiger partial charge in [0.1, 0.15) is 23.6 Å². The summed E-state index contributed by atoms with van der Waals surface area (Å²) in [5.41, 5.74) is 6.05. The van der Waals surface area contributed by atoms with Crippen LogP contribution >= 0.6 is 0 Å². The Morgan fingerprint density at radius 3 is 2.63 bits per heavy atom. The highest BCUT2D eigenvalue weighted by Crippen LogP contribution is 2.29. The number of halogens is 3. The van der Waals surface area contributed by atoms with E-state index in [1.54, 1.807) is 12.1 Å². The Kier molecular flexibility index (Phi) is 5.50. The number of nitrogens with two attached hydrogens (primary N) is 1. The first-order valence-corrected chi connectivity index (χ1v) is 8.26. The van der Waals surface area contributed by atoms with E-state index in [2.05, 4.69) is 9.97 Å². The van der Waals surface area contributed by atoms with Crippen LogP contribution in [0.3, 0.4) is 0 Å². The summed E-state index contributed by atoms with van der Waals surface area (Å²) in [5, 5.41) is 0. The van der Waals surface area contributed by atoms with Gasteiger partial charge in [-0.1, -0.05) is 0 Å². The van der Waals surface area contributed by atoms with Gasteiger partial charge < -0.3 is 19.6 Å². The lowest BCUT2D eigenvalue weighted by atomic mass is 10.3. The zero-order valence-corrected chi connectivity index (χ0v) is 14.5. The first-order chi connectivity index (χ1) is 12.9. The molecule has 0 aliphatic carbocycles. The lowest BCUT2D eigenvalue weighted by Crippen LogP contribution is -2.14. The van der Waals surface area contributed by atoms with E-state index in [-0.39, 0.29) is 30.5 Å². The Labute approximate surface area is 153 Å². The van der Waals surface area contributed by atoms with Crippen molar-refractivity contribution in [3.8, 4) is 23.1 Å². The maximum absolute atomic E-state index is 14.3. The molecule has 0 aliphatic heterocycles. The third-order valence-electron chi connectivity index (χ3n) is 3.57. The van der Waals surface area contributed by atoms with E-state index in [0.29, 0.717) is 23.4 Å². The fourth-order valence-electron chi connectivity index (χ4n) is 2.28. The van der Waals surface area contributed by atoms with E-state index in [0.717, 1.165) is 6.92 Å². The zero-order valence-electron chi connectivity index (χ0n) is 14.5. The van der Waals surface area contributed by atoms with Crippen molar-refractivity contribution in [2.75, 3.05) is 19.8 Å². The molecule has 0 spiro atoms. The van der Waals surface area contributed by atoms with Crippen molar-refractivity contribution < 1.29 is 27.1 Å². The lowest BCUT2D eigenvalue weighted by molar-refractivity contribution is 0.000874. The topological polar surface area (TPSA) is 83.4 Å². The van der Waals surface area contributed by atoms with Gasteiger partial charge in [0.2, 0.25) is 11.8 Å². The van der Waals surface area contributed by atoms with E-state index in [1.165, 1.54) is 18.3 Å². The number of fused-ring (bicyclic) bond motifs is 1. The molecule has 0 radical (unpaired) electrons. The third-order valence-corrected chi connectivity index (χ3v) is 3.57. The molecular formula is C18H18F3N3O3. The van der Waals surface area contributed by atoms with Crippen molar-refractivity contribution in [2.45, 2.75) is 19.3 Å². The van der Waals surface area contributed by atoms with Crippen LogP contribution in [0.25, 0.3) is 22.7 Å². The number of aromatic nitrogens is 2. The molecule has 0 unspecified atom stereocenters. The van der Waals surface area contributed by atoms with Crippen molar-refractivity contribution in [2.24, 2.45) is 5.73 Å². The number of hydrogen-bond donors (Lipinski definition) is 1. The van der Waals surface area contributed by atoms with Crippen molar-refractivity contribution >= 4 is 11.1 Å². The number of benzene rings is 1. The highest BCUT2D eigenvalue weighted by atomic mass is 19.3. The standard InChI is InChI=1S/C18H18F3N3O3/c1-18(20,21)4-6-25-11-2-3-14-15(9-11)27-17(24-14)16-13(19)8-12(10-23-16)26-7-5-22/h2-3,8-10H,4-7,22H2,1H3. The highest BCUT2D eigenvalue weighted by Gasteiger charge is 2.21. The van der Waals surface area contributed by atoms with Crippen LogP contribution < -0.4 is 15.2 Å². The molecule has 0 amide bonds. The summed E-state index contributed by atoms with van der Waals surface area (Å²) in [5.74, 6) is -2.86. The van der Waals surface area contributed by atoms with Gasteiger partial charge in [0, 0.05) is 25.1 Å². The molecule has 9 heteroatoms. The number of alkyl halides is 2. The predicted octanol–water partition coefficient (Wildman–Crippen LogP) is 3.79. The smallest absolute Gasteiger partial charge is 0.249 e. The second kappa shape index (κ2) is 7.83. The molecule has 0 fully saturated rings. The van der Waals surface area contributed by atoms with Crippen LogP contribution in [-0.4, -0.2) is 35.6 Å². The van der Waals surface area contributed by atoms with Crippen molar-refractivity contribution in [3.63, 3.8) is 0 Å². The molecule has 2 aromatic heterocycles. The van der Waals surface area contributed by atoms with Gasteiger partial charge in [0.05, 0.1) is 12.8 Å². The molecule has 0 saturated carbocycles. The first kappa shape index (κ1) is 19.0. The van der Waals surface area contributed by atoms with E-state index < -0.39 is 18.2 Å². The Morgan fingerprint density at radius 2 is 1.93 bits per heavy atom. The number of oxazole rings is 1. The molecule has 3 rings (SSSR count). The summed E-state index contributed by atoms with van der Waals surface area (Å²) in [7, 11) is 0. The van der Waals surface area contributed by atoms with Crippen LogP contribution in [0.5, 0.6) is 11.5 Å². The molecule has 2 N–H and O–H groups in total. The Hall–Kier alpha value is -2.81. The van der Waals surface area contributed by atoms with Gasteiger partial charge in [-0.2, -0.15) is 0 Å². The number of hydrogen-bond acceptors (Lipinski definition) is 6. The Bertz CT molecular complexity index is 925. The molecule has 27 heavy (non-hydrogen) atoms. The molecule has 144 valence electrons. The number of pyridine rings is 1. The first-order valence-electron chi connectivity index (χ1n) is 8.26. The minimum absolute atomic E-state index is 0.00915. The maximum atomic E-state index is 14.3. The summed E-state index contributed by atoms with van der Waals surface area (Å²) in [6, 6.07) is 5.86. The number of rotatable bonds is 8. The molecule has 3 aromatic rings. The van der Waals surface area contributed by atoms with Gasteiger partial charge in [-0.25, -0.2) is 23.1 Å². The Balaban J connectivity index is 1.78. The molecule has 1 aromatic carbocycles. The van der Waals surface area contributed by atoms with Gasteiger partial charge in [0.15, 0.2) is 17.1 Å². The lowest BCUT2D eigenvalue weighted by Gasteiger charge is -2.10. The van der Waals surface area contributed by atoms with Gasteiger partial charge in [0.25, 0.3) is 0 Å². The van der Waals surface area contributed by atoms with E-state index in [1.807, 2.05) is 0 Å². The Morgan fingerprint density at radius 1 is 1.15 bits per heavy atom. The minimum atomic E-state index is -2.80. The molecule has 0 aliphatic rings. The van der Waals surface area contributed by atoms with Gasteiger partial charge in [-0.3, -0.25) is 0 Å². The van der Waals surface area contributed by atoms with E-state index in [4.69, 9.17) is 19.6 Å². The predicted molar refractivity (Wildman–Crippen MR) is 92.5 cm³/mol. The summed E-state index contributed by atoms with van der Waals surface area (Å²) >= 11 is 0. The normalized spacial score (nSPS) is 11.7.